The first-order valence-electron chi connectivity index (χ1n) is 11.3. The van der Waals surface area contributed by atoms with Gasteiger partial charge in [-0.1, -0.05) is 47.2 Å². The van der Waals surface area contributed by atoms with Crippen molar-refractivity contribution >= 4 is 44.8 Å². The molecule has 0 saturated carbocycles. The molecule has 0 fully saturated rings. The molecule has 3 heterocycles. The average molecular weight is 552 g/mol. The third kappa shape index (κ3) is 4.25. The van der Waals surface area contributed by atoms with Gasteiger partial charge in [0.1, 0.15) is 15.6 Å². The molecule has 192 valence electrons. The van der Waals surface area contributed by atoms with E-state index in [-0.39, 0.29) is 21.3 Å². The number of carbonyl (C=O) groups excluding carboxylic acids is 2. The van der Waals surface area contributed by atoms with Crippen LogP contribution in [-0.4, -0.2) is 37.8 Å². The summed E-state index contributed by atoms with van der Waals surface area (Å²) in [6.45, 7) is 1.25. The first-order valence-corrected chi connectivity index (χ1v) is 12.5. The summed E-state index contributed by atoms with van der Waals surface area (Å²) < 4.78 is 17.7. The number of rotatable bonds is 6. The maximum absolute atomic E-state index is 14.4. The second kappa shape index (κ2) is 9.84. The summed E-state index contributed by atoms with van der Waals surface area (Å²) >= 11 is 7.16. The Morgan fingerprint density at radius 3 is 2.55 bits per heavy atom. The Hall–Kier alpha value is -4.35. The van der Waals surface area contributed by atoms with E-state index in [0.29, 0.717) is 20.3 Å². The van der Waals surface area contributed by atoms with E-state index in [4.69, 9.17) is 11.6 Å². The number of aromatic nitrogens is 4. The van der Waals surface area contributed by atoms with E-state index in [2.05, 4.69) is 5.10 Å². The van der Waals surface area contributed by atoms with E-state index >= 15 is 0 Å². The molecule has 0 bridgehead atoms. The lowest BCUT2D eigenvalue weighted by Crippen LogP contribution is -2.53. The van der Waals surface area contributed by atoms with Crippen LogP contribution in [-0.2, 0) is 6.54 Å². The summed E-state index contributed by atoms with van der Waals surface area (Å²) in [5.41, 5.74) is -1.26. The number of Topliss-reactive ketones (excluding diaryl/α,β-unsaturated/α-hetero) is 1. The van der Waals surface area contributed by atoms with Gasteiger partial charge in [-0.05, 0) is 37.3 Å². The van der Waals surface area contributed by atoms with Gasteiger partial charge in [0.25, 0.3) is 11.5 Å². The number of aryl methyl sites for hydroxylation is 1. The second-order valence-corrected chi connectivity index (χ2v) is 9.80. The van der Waals surface area contributed by atoms with Crippen molar-refractivity contribution in [3.8, 4) is 5.00 Å². The molecule has 12 heteroatoms. The third-order valence-corrected chi connectivity index (χ3v) is 7.57. The minimum Gasteiger partial charge on any atom is -0.292 e. The van der Waals surface area contributed by atoms with E-state index in [9.17, 15) is 23.6 Å². The van der Waals surface area contributed by atoms with Gasteiger partial charge in [0.05, 0.1) is 17.5 Å². The highest BCUT2D eigenvalue weighted by Crippen LogP contribution is 2.31. The lowest BCUT2D eigenvalue weighted by molar-refractivity contribution is 0.0960. The smallest absolute Gasteiger partial charge is 0.292 e. The third-order valence-electron chi connectivity index (χ3n) is 6.03. The Kier molecular flexibility index (Phi) is 6.55. The van der Waals surface area contributed by atoms with Crippen molar-refractivity contribution in [3.63, 3.8) is 0 Å². The Labute approximate surface area is 223 Å². The predicted octanol–water partition coefficient (Wildman–Crippen LogP) is 3.80. The topological polar surface area (TPSA) is 99.2 Å². The monoisotopic (exact) mass is 551 g/mol. The summed E-state index contributed by atoms with van der Waals surface area (Å²) in [5.74, 6) is -2.15. The first kappa shape index (κ1) is 25.3. The van der Waals surface area contributed by atoms with Gasteiger partial charge in [0.15, 0.2) is 5.78 Å². The molecule has 0 unspecified atom stereocenters. The largest absolute Gasteiger partial charge is 0.352 e. The summed E-state index contributed by atoms with van der Waals surface area (Å²) in [4.78, 5) is 54.1. The minimum absolute atomic E-state index is 0.132. The number of hydrogen-bond donors (Lipinski definition) is 0. The number of halogens is 2. The van der Waals surface area contributed by atoms with Crippen LogP contribution in [0.1, 0.15) is 26.3 Å². The van der Waals surface area contributed by atoms with Crippen LogP contribution in [0.25, 0.3) is 15.2 Å². The minimum atomic E-state index is -0.932. The molecule has 0 atom stereocenters. The van der Waals surface area contributed by atoms with E-state index in [1.54, 1.807) is 48.3 Å². The molecule has 3 aromatic heterocycles. The van der Waals surface area contributed by atoms with Crippen LogP contribution in [0.3, 0.4) is 0 Å². The Bertz CT molecular complexity index is 1840. The van der Waals surface area contributed by atoms with E-state index in [1.807, 2.05) is 0 Å². The second-order valence-electron chi connectivity index (χ2n) is 8.39. The predicted molar refractivity (Wildman–Crippen MR) is 143 cm³/mol. The number of fused-ring (bicyclic) bond motifs is 1. The molecular weight excluding hydrogens is 533 g/mol. The molecular formula is C26H19ClFN5O4S. The highest BCUT2D eigenvalue weighted by Gasteiger charge is 2.27. The zero-order valence-corrected chi connectivity index (χ0v) is 21.7. The molecule has 38 heavy (non-hydrogen) atoms. The van der Waals surface area contributed by atoms with E-state index in [1.165, 1.54) is 31.3 Å². The van der Waals surface area contributed by atoms with Crippen LogP contribution in [0, 0.1) is 12.7 Å². The normalized spacial score (nSPS) is 11.2. The Morgan fingerprint density at radius 1 is 1.11 bits per heavy atom. The molecule has 0 aliphatic carbocycles. The molecule has 1 amide bonds. The van der Waals surface area contributed by atoms with Crippen LogP contribution in [0.2, 0.25) is 5.02 Å². The number of hydrogen-bond acceptors (Lipinski definition) is 6. The number of amides is 1. The molecule has 5 rings (SSSR count). The number of ketones is 1. The van der Waals surface area contributed by atoms with Gasteiger partial charge in [0.2, 0.25) is 0 Å². The molecule has 0 aliphatic rings. The summed E-state index contributed by atoms with van der Waals surface area (Å²) in [7, 11) is 1.20. The lowest BCUT2D eigenvalue weighted by atomic mass is 10.1. The molecule has 0 saturated heterocycles. The summed E-state index contributed by atoms with van der Waals surface area (Å²) in [6.07, 6.45) is 3.25. The molecule has 0 aliphatic heterocycles. The Balaban J connectivity index is 1.74. The summed E-state index contributed by atoms with van der Waals surface area (Å²) in [5, 5.41) is 6.02. The van der Waals surface area contributed by atoms with Crippen LogP contribution >= 0.6 is 22.9 Å². The van der Waals surface area contributed by atoms with E-state index in [0.717, 1.165) is 27.0 Å². The van der Waals surface area contributed by atoms with Crippen molar-refractivity contribution < 1.29 is 14.0 Å². The quantitative estimate of drug-likeness (QED) is 0.299. The molecule has 0 N–H and O–H groups in total. The number of carbonyl (C=O) groups is 2. The SMILES string of the molecule is Cc1c(-n2cccn2)sc2c1c(=O)n(N(C)C(=O)c1ccccc1F)c(=O)n2CC(=O)c1cccc(Cl)c1. The number of thiophene rings is 1. The molecule has 2 aromatic carbocycles. The van der Waals surface area contributed by atoms with Crippen molar-refractivity contribution in [1.82, 2.24) is 19.0 Å². The maximum Gasteiger partial charge on any atom is 0.352 e. The van der Waals surface area contributed by atoms with Gasteiger partial charge in [-0.15, -0.1) is 0 Å². The zero-order valence-electron chi connectivity index (χ0n) is 20.1. The van der Waals surface area contributed by atoms with E-state index < -0.39 is 35.3 Å². The van der Waals surface area contributed by atoms with Gasteiger partial charge in [-0.3, -0.25) is 19.0 Å². The van der Waals surface area contributed by atoms with Crippen molar-refractivity contribution in [1.29, 1.82) is 0 Å². The van der Waals surface area contributed by atoms with Gasteiger partial charge in [0, 0.05) is 35.6 Å². The standard InChI is InChI=1S/C26H19ClFN5O4S/c1-15-21-23(36)33(30(2)22(35)18-9-3-4-10-19(18)28)26(37)31(14-20(34)16-7-5-8-17(27)13-16)25(21)38-24(15)32-12-6-11-29-32/h3-13H,14H2,1-2H3. The fraction of sp³-hybridized carbons (Fsp3) is 0.115. The number of nitrogens with zero attached hydrogens (tertiary/aromatic N) is 5. The number of benzene rings is 2. The molecule has 9 nitrogen and oxygen atoms in total. The molecule has 5 aromatic rings. The molecule has 0 spiro atoms. The van der Waals surface area contributed by atoms with Crippen LogP contribution in [0.4, 0.5) is 4.39 Å². The fourth-order valence-electron chi connectivity index (χ4n) is 4.13. The van der Waals surface area contributed by atoms with Crippen LogP contribution in [0.15, 0.2) is 76.6 Å². The van der Waals surface area contributed by atoms with Crippen LogP contribution < -0.4 is 16.3 Å². The van der Waals surface area contributed by atoms with Gasteiger partial charge in [-0.25, -0.2) is 18.9 Å². The van der Waals surface area contributed by atoms with Gasteiger partial charge >= 0.3 is 5.69 Å². The molecule has 0 radical (unpaired) electrons. The van der Waals surface area contributed by atoms with Crippen LogP contribution in [0.5, 0.6) is 0 Å². The highest BCUT2D eigenvalue weighted by molar-refractivity contribution is 7.21. The van der Waals surface area contributed by atoms with Crippen molar-refractivity contribution in [2.75, 3.05) is 12.1 Å². The maximum atomic E-state index is 14.4. The van der Waals surface area contributed by atoms with Crippen molar-refractivity contribution in [2.45, 2.75) is 13.5 Å². The lowest BCUT2D eigenvalue weighted by Gasteiger charge is -2.21. The van der Waals surface area contributed by atoms with Crippen molar-refractivity contribution in [3.05, 3.63) is 115 Å². The fourth-order valence-corrected chi connectivity index (χ4v) is 5.56. The first-order chi connectivity index (χ1) is 18.2. The van der Waals surface area contributed by atoms with Gasteiger partial charge in [-0.2, -0.15) is 9.77 Å². The van der Waals surface area contributed by atoms with Crippen molar-refractivity contribution in [2.24, 2.45) is 0 Å². The zero-order chi connectivity index (χ0) is 27.1. The van der Waals surface area contributed by atoms with Gasteiger partial charge < -0.3 is 0 Å². The Morgan fingerprint density at radius 2 is 1.87 bits per heavy atom. The highest BCUT2D eigenvalue weighted by atomic mass is 35.5. The average Bonchev–Trinajstić information content (AvgIpc) is 3.54. The summed E-state index contributed by atoms with van der Waals surface area (Å²) in [6, 6.07) is 13.2.